The number of ether oxygens (including phenoxy) is 1. The van der Waals surface area contributed by atoms with Crippen molar-refractivity contribution in [3.8, 4) is 5.75 Å². The van der Waals surface area contributed by atoms with Gasteiger partial charge in [0.2, 0.25) is 5.91 Å². The number of methoxy groups -OCH3 is 1. The summed E-state index contributed by atoms with van der Waals surface area (Å²) >= 11 is 0. The van der Waals surface area contributed by atoms with Crippen LogP contribution in [0.15, 0.2) is 12.1 Å². The number of Topliss-reactive ketones (excluding diaryl/α,β-unsaturated/α-hetero) is 1. The molecule has 0 bridgehead atoms. The monoisotopic (exact) mass is 235 g/mol. The zero-order chi connectivity index (χ0) is 13.0. The molecule has 1 amide bonds. The Morgan fingerprint density at radius 3 is 2.35 bits per heavy atom. The first-order chi connectivity index (χ1) is 7.93. The summed E-state index contributed by atoms with van der Waals surface area (Å²) in [6.45, 7) is 5.31. The van der Waals surface area contributed by atoms with Gasteiger partial charge in [0.1, 0.15) is 11.5 Å². The van der Waals surface area contributed by atoms with E-state index in [1.165, 1.54) is 6.92 Å². The number of nitrogens with one attached hydrogen (secondary N) is 1. The van der Waals surface area contributed by atoms with Gasteiger partial charge in [0, 0.05) is 0 Å². The molecule has 1 rings (SSSR count). The van der Waals surface area contributed by atoms with Gasteiger partial charge in [-0.15, -0.1) is 0 Å². The standard InChI is InChI=1S/C13H17NO3/c1-8-5-11(12(17-4)6-9(8)2)14-13(16)7-10(3)15/h5-6H,7H2,1-4H3,(H,14,16). The van der Waals surface area contributed by atoms with Crippen molar-refractivity contribution in [2.45, 2.75) is 27.2 Å². The molecule has 17 heavy (non-hydrogen) atoms. The summed E-state index contributed by atoms with van der Waals surface area (Å²) in [6.07, 6.45) is -0.115. The molecule has 0 aliphatic carbocycles. The zero-order valence-corrected chi connectivity index (χ0v) is 10.6. The number of aryl methyl sites for hydroxylation is 2. The molecule has 0 aliphatic rings. The summed E-state index contributed by atoms with van der Waals surface area (Å²) in [4.78, 5) is 22.3. The van der Waals surface area contributed by atoms with E-state index in [-0.39, 0.29) is 18.1 Å². The number of rotatable bonds is 4. The van der Waals surface area contributed by atoms with Crippen molar-refractivity contribution in [2.24, 2.45) is 0 Å². The Balaban J connectivity index is 2.93. The van der Waals surface area contributed by atoms with E-state index in [0.717, 1.165) is 11.1 Å². The van der Waals surface area contributed by atoms with Crippen molar-refractivity contribution >= 4 is 17.4 Å². The molecule has 0 heterocycles. The summed E-state index contributed by atoms with van der Waals surface area (Å²) in [6, 6.07) is 3.70. The van der Waals surface area contributed by atoms with E-state index in [1.54, 1.807) is 7.11 Å². The van der Waals surface area contributed by atoms with Gasteiger partial charge in [0.05, 0.1) is 19.2 Å². The molecular formula is C13H17NO3. The first-order valence-electron chi connectivity index (χ1n) is 5.38. The van der Waals surface area contributed by atoms with Gasteiger partial charge >= 0.3 is 0 Å². The van der Waals surface area contributed by atoms with Gasteiger partial charge in [0.15, 0.2) is 0 Å². The normalized spacial score (nSPS) is 9.88. The Morgan fingerprint density at radius 2 is 1.82 bits per heavy atom. The van der Waals surface area contributed by atoms with Crippen LogP contribution < -0.4 is 10.1 Å². The van der Waals surface area contributed by atoms with Crippen LogP contribution in [0.2, 0.25) is 0 Å². The van der Waals surface area contributed by atoms with Crippen LogP contribution in [0, 0.1) is 13.8 Å². The summed E-state index contributed by atoms with van der Waals surface area (Å²) in [5, 5.41) is 2.68. The van der Waals surface area contributed by atoms with Crippen LogP contribution in [0.5, 0.6) is 5.75 Å². The van der Waals surface area contributed by atoms with Gasteiger partial charge in [-0.3, -0.25) is 9.59 Å². The number of carbonyl (C=O) groups excluding carboxylic acids is 2. The second-order valence-electron chi connectivity index (χ2n) is 4.06. The zero-order valence-electron chi connectivity index (χ0n) is 10.6. The van der Waals surface area contributed by atoms with E-state index >= 15 is 0 Å². The summed E-state index contributed by atoms with van der Waals surface area (Å²) < 4.78 is 5.19. The molecule has 0 aliphatic heterocycles. The van der Waals surface area contributed by atoms with Gasteiger partial charge in [-0.05, 0) is 44.0 Å². The first kappa shape index (κ1) is 13.2. The van der Waals surface area contributed by atoms with Crippen LogP contribution in [0.1, 0.15) is 24.5 Å². The number of benzene rings is 1. The van der Waals surface area contributed by atoms with Crippen molar-refractivity contribution in [1.29, 1.82) is 0 Å². The SMILES string of the molecule is COc1cc(C)c(C)cc1NC(=O)CC(C)=O. The predicted octanol–water partition coefficient (Wildman–Crippen LogP) is 2.23. The Morgan fingerprint density at radius 1 is 1.24 bits per heavy atom. The molecule has 0 aromatic heterocycles. The molecule has 1 aromatic carbocycles. The van der Waals surface area contributed by atoms with Crippen LogP contribution >= 0.6 is 0 Å². The van der Waals surface area contributed by atoms with Crippen molar-refractivity contribution < 1.29 is 14.3 Å². The predicted molar refractivity (Wildman–Crippen MR) is 66.4 cm³/mol. The number of amides is 1. The maximum atomic E-state index is 11.5. The lowest BCUT2D eigenvalue weighted by Gasteiger charge is -2.12. The highest BCUT2D eigenvalue weighted by Gasteiger charge is 2.10. The maximum Gasteiger partial charge on any atom is 0.231 e. The smallest absolute Gasteiger partial charge is 0.231 e. The van der Waals surface area contributed by atoms with Gasteiger partial charge in [-0.1, -0.05) is 0 Å². The Labute approximate surface area is 101 Å². The molecule has 0 saturated heterocycles. The third-order valence-corrected chi connectivity index (χ3v) is 2.50. The van der Waals surface area contributed by atoms with Crippen LogP contribution in [-0.2, 0) is 9.59 Å². The molecule has 0 unspecified atom stereocenters. The van der Waals surface area contributed by atoms with Crippen molar-refractivity contribution in [2.75, 3.05) is 12.4 Å². The second-order valence-corrected chi connectivity index (χ2v) is 4.06. The topological polar surface area (TPSA) is 55.4 Å². The molecule has 92 valence electrons. The van der Waals surface area contributed by atoms with E-state index in [1.807, 2.05) is 26.0 Å². The number of ketones is 1. The van der Waals surface area contributed by atoms with Crippen LogP contribution in [0.3, 0.4) is 0 Å². The minimum Gasteiger partial charge on any atom is -0.495 e. The van der Waals surface area contributed by atoms with Gasteiger partial charge in [-0.25, -0.2) is 0 Å². The molecule has 1 N–H and O–H groups in total. The molecule has 0 fully saturated rings. The van der Waals surface area contributed by atoms with Crippen LogP contribution in [-0.4, -0.2) is 18.8 Å². The average Bonchev–Trinajstić information content (AvgIpc) is 2.21. The Kier molecular flexibility index (Phi) is 4.26. The highest BCUT2D eigenvalue weighted by molar-refractivity contribution is 6.04. The number of anilines is 1. The van der Waals surface area contributed by atoms with Crippen molar-refractivity contribution in [1.82, 2.24) is 0 Å². The lowest BCUT2D eigenvalue weighted by molar-refractivity contribution is -0.124. The van der Waals surface area contributed by atoms with Crippen molar-refractivity contribution in [3.63, 3.8) is 0 Å². The molecule has 0 spiro atoms. The van der Waals surface area contributed by atoms with E-state index in [0.29, 0.717) is 11.4 Å². The van der Waals surface area contributed by atoms with E-state index in [4.69, 9.17) is 4.74 Å². The average molecular weight is 235 g/mol. The lowest BCUT2D eigenvalue weighted by atomic mass is 10.1. The summed E-state index contributed by atoms with van der Waals surface area (Å²) in [7, 11) is 1.55. The van der Waals surface area contributed by atoms with E-state index in [9.17, 15) is 9.59 Å². The lowest BCUT2D eigenvalue weighted by Crippen LogP contribution is -2.15. The molecule has 4 heteroatoms. The van der Waals surface area contributed by atoms with Gasteiger partial charge in [0.25, 0.3) is 0 Å². The number of hydrogen-bond donors (Lipinski definition) is 1. The molecule has 0 radical (unpaired) electrons. The van der Waals surface area contributed by atoms with Crippen molar-refractivity contribution in [3.05, 3.63) is 23.3 Å². The largest absolute Gasteiger partial charge is 0.495 e. The molecule has 1 aromatic rings. The van der Waals surface area contributed by atoms with E-state index in [2.05, 4.69) is 5.32 Å². The van der Waals surface area contributed by atoms with Crippen LogP contribution in [0.4, 0.5) is 5.69 Å². The Bertz CT molecular complexity index is 452. The number of hydrogen-bond acceptors (Lipinski definition) is 3. The van der Waals surface area contributed by atoms with Gasteiger partial charge < -0.3 is 10.1 Å². The second kappa shape index (κ2) is 5.48. The minimum absolute atomic E-state index is 0.115. The quantitative estimate of drug-likeness (QED) is 0.814. The molecule has 4 nitrogen and oxygen atoms in total. The summed E-state index contributed by atoms with van der Waals surface area (Å²) in [5.74, 6) is 0.120. The first-order valence-corrected chi connectivity index (χ1v) is 5.38. The summed E-state index contributed by atoms with van der Waals surface area (Å²) in [5.41, 5.74) is 2.75. The molecule has 0 atom stereocenters. The fraction of sp³-hybridized carbons (Fsp3) is 0.385. The maximum absolute atomic E-state index is 11.5. The van der Waals surface area contributed by atoms with Crippen LogP contribution in [0.25, 0.3) is 0 Å². The van der Waals surface area contributed by atoms with Gasteiger partial charge in [-0.2, -0.15) is 0 Å². The minimum atomic E-state index is -0.320. The fourth-order valence-electron chi connectivity index (χ4n) is 1.48. The number of carbonyl (C=O) groups is 2. The highest BCUT2D eigenvalue weighted by atomic mass is 16.5. The molecule has 0 saturated carbocycles. The third kappa shape index (κ3) is 3.59. The van der Waals surface area contributed by atoms with E-state index < -0.39 is 0 Å². The fourth-order valence-corrected chi connectivity index (χ4v) is 1.48. The molecular weight excluding hydrogens is 218 g/mol. The Hall–Kier alpha value is -1.84. The highest BCUT2D eigenvalue weighted by Crippen LogP contribution is 2.27. The third-order valence-electron chi connectivity index (χ3n) is 2.50.